The summed E-state index contributed by atoms with van der Waals surface area (Å²) in [6, 6.07) is 22.8. The number of ketones is 1. The lowest BCUT2D eigenvalue weighted by atomic mass is 9.54. The van der Waals surface area contributed by atoms with Crippen molar-refractivity contribution in [1.29, 1.82) is 0 Å². The van der Waals surface area contributed by atoms with Crippen LogP contribution in [0, 0.1) is 0 Å². The summed E-state index contributed by atoms with van der Waals surface area (Å²) in [5.74, 6) is 0.979. The van der Waals surface area contributed by atoms with Crippen LogP contribution in [0.3, 0.4) is 0 Å². The molecule has 0 bridgehead atoms. The summed E-state index contributed by atoms with van der Waals surface area (Å²) < 4.78 is 16.7. The molecule has 32 heavy (non-hydrogen) atoms. The van der Waals surface area contributed by atoms with Crippen LogP contribution in [0.4, 0.5) is 0 Å². The minimum atomic E-state index is -1.02. The van der Waals surface area contributed by atoms with Gasteiger partial charge < -0.3 is 14.2 Å². The molecular formula is C27H24O5. The number of hydrogen-bond acceptors (Lipinski definition) is 5. The quantitative estimate of drug-likeness (QED) is 0.442. The van der Waals surface area contributed by atoms with Crippen molar-refractivity contribution in [2.45, 2.75) is 30.1 Å². The fourth-order valence-corrected chi connectivity index (χ4v) is 5.43. The Labute approximate surface area is 186 Å². The molecule has 0 saturated heterocycles. The Bertz CT molecular complexity index is 1140. The van der Waals surface area contributed by atoms with E-state index in [1.165, 1.54) is 0 Å². The first-order valence-electron chi connectivity index (χ1n) is 10.7. The molecule has 5 nitrogen and oxygen atoms in total. The molecule has 1 spiro atoms. The van der Waals surface area contributed by atoms with Gasteiger partial charge in [0.1, 0.15) is 28.4 Å². The van der Waals surface area contributed by atoms with Crippen molar-refractivity contribution in [3.63, 3.8) is 0 Å². The van der Waals surface area contributed by atoms with Gasteiger partial charge in [0.2, 0.25) is 0 Å². The third-order valence-electron chi connectivity index (χ3n) is 6.83. The first-order chi connectivity index (χ1) is 15.6. The predicted molar refractivity (Wildman–Crippen MR) is 119 cm³/mol. The van der Waals surface area contributed by atoms with Crippen LogP contribution in [0.2, 0.25) is 0 Å². The molecule has 0 amide bonds. The number of esters is 1. The number of Topliss-reactive ketones (excluding diaryl/α,β-unsaturated/α-hetero) is 1. The molecule has 162 valence electrons. The standard InChI is InChI=1S/C27H24O5/c1-30-20-9-5-7-17(13-20)23-15-19(28)16-24(18-8-6-10-21(14-18)31-2)27(23)22-11-3-4-12-25(22)32-26(27)29/h3-14,23-24H,15-16H2,1-2H3/t23-,24+,27?. The monoisotopic (exact) mass is 428 g/mol. The van der Waals surface area contributed by atoms with E-state index < -0.39 is 5.41 Å². The van der Waals surface area contributed by atoms with Gasteiger partial charge in [-0.25, -0.2) is 0 Å². The molecule has 3 aromatic carbocycles. The minimum absolute atomic E-state index is 0.119. The summed E-state index contributed by atoms with van der Waals surface area (Å²) >= 11 is 0. The molecular weight excluding hydrogens is 404 g/mol. The topological polar surface area (TPSA) is 61.8 Å². The van der Waals surface area contributed by atoms with E-state index in [-0.39, 0.29) is 36.4 Å². The number of ether oxygens (including phenoxy) is 3. The minimum Gasteiger partial charge on any atom is -0.497 e. The number of carbonyl (C=O) groups excluding carboxylic acids is 2. The highest BCUT2D eigenvalue weighted by Crippen LogP contribution is 2.60. The van der Waals surface area contributed by atoms with Crippen molar-refractivity contribution in [1.82, 2.24) is 0 Å². The van der Waals surface area contributed by atoms with Gasteiger partial charge in [-0.2, -0.15) is 0 Å². The molecule has 1 unspecified atom stereocenters. The van der Waals surface area contributed by atoms with Crippen LogP contribution in [0.25, 0.3) is 0 Å². The Hall–Kier alpha value is -3.60. The number of benzene rings is 3. The molecule has 1 heterocycles. The highest BCUT2D eigenvalue weighted by atomic mass is 16.5. The number of carbonyl (C=O) groups is 2. The Balaban J connectivity index is 1.78. The predicted octanol–water partition coefficient (Wildman–Crippen LogP) is 4.79. The van der Waals surface area contributed by atoms with Gasteiger partial charge in [-0.15, -0.1) is 0 Å². The first-order valence-corrected chi connectivity index (χ1v) is 10.7. The van der Waals surface area contributed by atoms with Crippen LogP contribution < -0.4 is 14.2 Å². The van der Waals surface area contributed by atoms with E-state index in [4.69, 9.17) is 14.2 Å². The zero-order valence-electron chi connectivity index (χ0n) is 18.0. The molecule has 5 heteroatoms. The highest BCUT2D eigenvalue weighted by molar-refractivity contribution is 5.97. The lowest BCUT2D eigenvalue weighted by molar-refractivity contribution is -0.142. The van der Waals surface area contributed by atoms with E-state index in [9.17, 15) is 9.59 Å². The summed E-state index contributed by atoms with van der Waals surface area (Å²) in [6.07, 6.45) is 0.522. The SMILES string of the molecule is COc1cccc([C@H]2CC(=O)C[C@@H](c3cccc(OC)c3)C23C(=O)Oc2ccccc23)c1. The average molecular weight is 428 g/mol. The van der Waals surface area contributed by atoms with Crippen LogP contribution in [-0.2, 0) is 15.0 Å². The highest BCUT2D eigenvalue weighted by Gasteiger charge is 2.62. The van der Waals surface area contributed by atoms with Gasteiger partial charge in [0.25, 0.3) is 0 Å². The normalized spacial score (nSPS) is 24.2. The first kappa shape index (κ1) is 20.3. The summed E-state index contributed by atoms with van der Waals surface area (Å²) in [5, 5.41) is 0. The maximum Gasteiger partial charge on any atom is 0.323 e. The molecule has 1 saturated carbocycles. The Morgan fingerprint density at radius 1 is 0.781 bits per heavy atom. The molecule has 1 aliphatic heterocycles. The number of para-hydroxylation sites is 1. The molecule has 2 aliphatic rings. The molecule has 1 aliphatic carbocycles. The third-order valence-corrected chi connectivity index (χ3v) is 6.83. The van der Waals surface area contributed by atoms with Gasteiger partial charge >= 0.3 is 5.97 Å². The second-order valence-electron chi connectivity index (χ2n) is 8.36. The van der Waals surface area contributed by atoms with Crippen molar-refractivity contribution < 1.29 is 23.8 Å². The molecule has 3 atom stereocenters. The van der Waals surface area contributed by atoms with Gasteiger partial charge in [0.15, 0.2) is 0 Å². The number of fused-ring (bicyclic) bond motifs is 2. The second-order valence-corrected chi connectivity index (χ2v) is 8.36. The van der Waals surface area contributed by atoms with Gasteiger partial charge in [-0.1, -0.05) is 42.5 Å². The van der Waals surface area contributed by atoms with Crippen LogP contribution in [0.1, 0.15) is 41.4 Å². The Kier molecular flexibility index (Phi) is 4.97. The van der Waals surface area contributed by atoms with Crippen molar-refractivity contribution in [2.24, 2.45) is 0 Å². The van der Waals surface area contributed by atoms with E-state index >= 15 is 0 Å². The van der Waals surface area contributed by atoms with Gasteiger partial charge in [-0.05, 0) is 41.5 Å². The van der Waals surface area contributed by atoms with Crippen molar-refractivity contribution >= 4 is 11.8 Å². The lowest BCUT2D eigenvalue weighted by Crippen LogP contribution is -2.49. The Morgan fingerprint density at radius 3 is 1.91 bits per heavy atom. The molecule has 0 aromatic heterocycles. The van der Waals surface area contributed by atoms with Gasteiger partial charge in [-0.3, -0.25) is 9.59 Å². The molecule has 0 radical (unpaired) electrons. The van der Waals surface area contributed by atoms with E-state index in [0.29, 0.717) is 17.2 Å². The zero-order chi connectivity index (χ0) is 22.3. The number of methoxy groups -OCH3 is 2. The smallest absolute Gasteiger partial charge is 0.323 e. The van der Waals surface area contributed by atoms with E-state index in [1.807, 2.05) is 72.8 Å². The third kappa shape index (κ3) is 3.00. The molecule has 0 N–H and O–H groups in total. The van der Waals surface area contributed by atoms with Crippen molar-refractivity contribution in [2.75, 3.05) is 14.2 Å². The summed E-state index contributed by atoms with van der Waals surface area (Å²) in [7, 11) is 3.22. The molecule has 3 aromatic rings. The van der Waals surface area contributed by atoms with Crippen molar-refractivity contribution in [3.8, 4) is 17.2 Å². The Morgan fingerprint density at radius 2 is 1.34 bits per heavy atom. The maximum atomic E-state index is 13.8. The fourth-order valence-electron chi connectivity index (χ4n) is 5.43. The lowest BCUT2D eigenvalue weighted by Gasteiger charge is -2.45. The maximum absolute atomic E-state index is 13.8. The van der Waals surface area contributed by atoms with E-state index in [1.54, 1.807) is 14.2 Å². The molecule has 5 rings (SSSR count). The van der Waals surface area contributed by atoms with Gasteiger partial charge in [0, 0.05) is 30.2 Å². The van der Waals surface area contributed by atoms with E-state index in [0.717, 1.165) is 16.7 Å². The second kappa shape index (κ2) is 7.83. The van der Waals surface area contributed by atoms with Crippen LogP contribution in [0.5, 0.6) is 17.2 Å². The average Bonchev–Trinajstić information content (AvgIpc) is 3.12. The summed E-state index contributed by atoms with van der Waals surface area (Å²) in [6.45, 7) is 0. The van der Waals surface area contributed by atoms with Gasteiger partial charge in [0.05, 0.1) is 14.2 Å². The largest absolute Gasteiger partial charge is 0.497 e. The van der Waals surface area contributed by atoms with E-state index in [2.05, 4.69) is 0 Å². The summed E-state index contributed by atoms with van der Waals surface area (Å²) in [5.41, 5.74) is 1.58. The van der Waals surface area contributed by atoms with Crippen LogP contribution in [-0.4, -0.2) is 26.0 Å². The number of hydrogen-bond donors (Lipinski definition) is 0. The summed E-state index contributed by atoms with van der Waals surface area (Å²) in [4.78, 5) is 26.9. The zero-order valence-corrected chi connectivity index (χ0v) is 18.0. The fraction of sp³-hybridized carbons (Fsp3) is 0.259. The van der Waals surface area contributed by atoms with Crippen LogP contribution >= 0.6 is 0 Å². The molecule has 1 fully saturated rings. The van der Waals surface area contributed by atoms with Crippen molar-refractivity contribution in [3.05, 3.63) is 89.5 Å². The van der Waals surface area contributed by atoms with Crippen LogP contribution in [0.15, 0.2) is 72.8 Å². The number of rotatable bonds is 4.